The van der Waals surface area contributed by atoms with Crippen molar-refractivity contribution in [2.45, 2.75) is 44.8 Å². The summed E-state index contributed by atoms with van der Waals surface area (Å²) in [6.45, 7) is 8.82. The number of benzene rings is 2. The van der Waals surface area contributed by atoms with E-state index in [1.54, 1.807) is 17.0 Å². The highest BCUT2D eigenvalue weighted by Crippen LogP contribution is 2.29. The number of aliphatic hydroxyl groups is 2. The maximum atomic E-state index is 13.3. The molecule has 2 N–H and O–H groups in total. The first-order valence-corrected chi connectivity index (χ1v) is 12.7. The van der Waals surface area contributed by atoms with Crippen molar-refractivity contribution in [3.8, 4) is 5.75 Å². The Labute approximate surface area is 213 Å². The number of ether oxygens (including phenoxy) is 1. The fraction of sp³-hybridized carbons (Fsp3) is 0.536. The van der Waals surface area contributed by atoms with Gasteiger partial charge in [-0.05, 0) is 74.2 Å². The molecule has 2 aromatic rings. The molecule has 2 fully saturated rings. The largest absolute Gasteiger partial charge is 0.490 e. The molecule has 1 atom stereocenters. The van der Waals surface area contributed by atoms with Gasteiger partial charge in [0.15, 0.2) is 0 Å². The van der Waals surface area contributed by atoms with Crippen LogP contribution in [0.3, 0.4) is 0 Å². The van der Waals surface area contributed by atoms with Crippen LogP contribution in [0.15, 0.2) is 42.5 Å². The molecule has 0 saturated carbocycles. The van der Waals surface area contributed by atoms with E-state index in [4.69, 9.17) is 4.74 Å². The van der Waals surface area contributed by atoms with Gasteiger partial charge in [0.2, 0.25) is 5.91 Å². The Kier molecular flexibility index (Phi) is 7.87. The van der Waals surface area contributed by atoms with Gasteiger partial charge >= 0.3 is 0 Å². The van der Waals surface area contributed by atoms with E-state index in [1.807, 2.05) is 26.0 Å². The van der Waals surface area contributed by atoms with E-state index < -0.39 is 11.2 Å². The molecule has 36 heavy (non-hydrogen) atoms. The molecule has 1 amide bonds. The number of hydrogen-bond acceptors (Lipinski definition) is 6. The summed E-state index contributed by atoms with van der Waals surface area (Å²) >= 11 is 0. The van der Waals surface area contributed by atoms with Gasteiger partial charge in [-0.3, -0.25) is 9.69 Å². The highest BCUT2D eigenvalue weighted by molar-refractivity contribution is 5.73. The normalized spacial score (nSPS) is 22.8. The highest BCUT2D eigenvalue weighted by atomic mass is 19.1. The van der Waals surface area contributed by atoms with E-state index in [0.29, 0.717) is 57.9 Å². The van der Waals surface area contributed by atoms with E-state index in [9.17, 15) is 19.4 Å². The van der Waals surface area contributed by atoms with Gasteiger partial charge in [-0.15, -0.1) is 0 Å². The summed E-state index contributed by atoms with van der Waals surface area (Å²) in [5.74, 6) is 0.341. The topological polar surface area (TPSA) is 76.5 Å². The number of halogens is 1. The second-order valence-corrected chi connectivity index (χ2v) is 10.7. The van der Waals surface area contributed by atoms with Crippen LogP contribution in [-0.2, 0) is 4.79 Å². The van der Waals surface area contributed by atoms with E-state index in [2.05, 4.69) is 15.9 Å². The summed E-state index contributed by atoms with van der Waals surface area (Å²) in [7, 11) is 0. The highest BCUT2D eigenvalue weighted by Gasteiger charge is 2.41. The third kappa shape index (κ3) is 6.75. The number of rotatable bonds is 6. The van der Waals surface area contributed by atoms with Crippen molar-refractivity contribution in [1.29, 1.82) is 0 Å². The lowest BCUT2D eigenvalue weighted by molar-refractivity contribution is -0.132. The number of carbonyl (C=O) groups excluding carboxylic acids is 1. The molecule has 2 aliphatic rings. The molecule has 2 heterocycles. The fourth-order valence-corrected chi connectivity index (χ4v) is 5.38. The minimum atomic E-state index is -1.27. The molecule has 0 spiro atoms. The molecule has 2 aliphatic heterocycles. The molecular formula is C28H38FN3O4. The monoisotopic (exact) mass is 499 g/mol. The molecule has 0 radical (unpaired) electrons. The van der Waals surface area contributed by atoms with Gasteiger partial charge in [0.1, 0.15) is 23.8 Å². The van der Waals surface area contributed by atoms with Crippen LogP contribution < -0.4 is 9.64 Å². The predicted molar refractivity (Wildman–Crippen MR) is 138 cm³/mol. The summed E-state index contributed by atoms with van der Waals surface area (Å²) in [5.41, 5.74) is 0.934. The van der Waals surface area contributed by atoms with Crippen LogP contribution in [0, 0.1) is 19.7 Å². The lowest BCUT2D eigenvalue weighted by atomic mass is 9.90. The Morgan fingerprint density at radius 3 is 2.19 bits per heavy atom. The SMILES string of the molecule is CC(=O)N1CCN(CC2(O)CCN(c3ccc(F)cc3)CC2)C[C@](O)(COc2cc(C)cc(C)c2)C1. The molecule has 0 aromatic heterocycles. The average molecular weight is 500 g/mol. The first kappa shape index (κ1) is 26.4. The van der Waals surface area contributed by atoms with Crippen molar-refractivity contribution in [2.24, 2.45) is 0 Å². The van der Waals surface area contributed by atoms with Crippen LogP contribution in [0.4, 0.5) is 10.1 Å². The van der Waals surface area contributed by atoms with Gasteiger partial charge in [-0.1, -0.05) is 6.07 Å². The van der Waals surface area contributed by atoms with E-state index in [1.165, 1.54) is 19.1 Å². The molecule has 4 rings (SSSR count). The molecule has 0 bridgehead atoms. The Balaban J connectivity index is 1.41. The van der Waals surface area contributed by atoms with E-state index >= 15 is 0 Å². The van der Waals surface area contributed by atoms with Gasteiger partial charge in [-0.2, -0.15) is 0 Å². The van der Waals surface area contributed by atoms with E-state index in [0.717, 1.165) is 16.8 Å². The van der Waals surface area contributed by atoms with E-state index in [-0.39, 0.29) is 24.9 Å². The van der Waals surface area contributed by atoms with Crippen LogP contribution in [0.5, 0.6) is 5.75 Å². The Morgan fingerprint density at radius 2 is 1.58 bits per heavy atom. The molecule has 0 aliphatic carbocycles. The van der Waals surface area contributed by atoms with Crippen LogP contribution >= 0.6 is 0 Å². The minimum Gasteiger partial charge on any atom is -0.490 e. The van der Waals surface area contributed by atoms with Crippen molar-refractivity contribution in [3.05, 3.63) is 59.4 Å². The van der Waals surface area contributed by atoms with Crippen LogP contribution in [0.1, 0.15) is 30.9 Å². The smallest absolute Gasteiger partial charge is 0.219 e. The number of piperidine rings is 1. The third-order valence-electron chi connectivity index (χ3n) is 7.24. The quantitative estimate of drug-likeness (QED) is 0.637. The molecular weight excluding hydrogens is 461 g/mol. The third-order valence-corrected chi connectivity index (χ3v) is 7.24. The predicted octanol–water partition coefficient (Wildman–Crippen LogP) is 2.75. The van der Waals surface area contributed by atoms with Crippen molar-refractivity contribution in [1.82, 2.24) is 9.80 Å². The molecule has 2 aromatic carbocycles. The van der Waals surface area contributed by atoms with Crippen molar-refractivity contribution in [3.63, 3.8) is 0 Å². The average Bonchev–Trinajstić information content (AvgIpc) is 2.97. The maximum Gasteiger partial charge on any atom is 0.219 e. The Bertz CT molecular complexity index is 1040. The van der Waals surface area contributed by atoms with Crippen LogP contribution in [0.25, 0.3) is 0 Å². The molecule has 7 nitrogen and oxygen atoms in total. The van der Waals surface area contributed by atoms with Crippen LogP contribution in [0.2, 0.25) is 0 Å². The molecule has 0 unspecified atom stereocenters. The first-order valence-electron chi connectivity index (χ1n) is 12.7. The molecule has 8 heteroatoms. The van der Waals surface area contributed by atoms with Gasteiger partial charge in [0, 0.05) is 51.9 Å². The maximum absolute atomic E-state index is 13.3. The number of aryl methyl sites for hydroxylation is 2. The van der Waals surface area contributed by atoms with Gasteiger partial charge < -0.3 is 24.7 Å². The number of hydrogen-bond donors (Lipinski definition) is 2. The number of nitrogens with zero attached hydrogens (tertiary/aromatic N) is 3. The lowest BCUT2D eigenvalue weighted by Crippen LogP contribution is -2.55. The standard InChI is InChI=1S/C28H38FN3O4/c1-21-14-22(2)16-26(15-21)36-20-28(35)18-30(12-13-32(19-28)23(3)33)17-27(34)8-10-31(11-9-27)25-6-4-24(29)5-7-25/h4-7,14-16,34-35H,8-13,17-20H2,1-3H3/t28-/m1/s1. The summed E-state index contributed by atoms with van der Waals surface area (Å²) in [5, 5.41) is 23.0. The van der Waals surface area contributed by atoms with Crippen molar-refractivity contribution < 1.29 is 24.1 Å². The molecule has 196 valence electrons. The second kappa shape index (κ2) is 10.7. The number of amides is 1. The van der Waals surface area contributed by atoms with Crippen LogP contribution in [-0.4, -0.2) is 89.5 Å². The van der Waals surface area contributed by atoms with Gasteiger partial charge in [0.05, 0.1) is 12.1 Å². The Hall–Kier alpha value is -2.68. The summed E-state index contributed by atoms with van der Waals surface area (Å²) in [6, 6.07) is 12.4. The van der Waals surface area contributed by atoms with Gasteiger partial charge in [-0.25, -0.2) is 4.39 Å². The zero-order chi connectivity index (χ0) is 25.9. The number of anilines is 1. The summed E-state index contributed by atoms with van der Waals surface area (Å²) in [6.07, 6.45) is 1.13. The zero-order valence-corrected chi connectivity index (χ0v) is 21.5. The molecule has 2 saturated heterocycles. The fourth-order valence-electron chi connectivity index (χ4n) is 5.38. The number of carbonyl (C=O) groups is 1. The zero-order valence-electron chi connectivity index (χ0n) is 21.5. The van der Waals surface area contributed by atoms with Crippen molar-refractivity contribution >= 4 is 11.6 Å². The first-order chi connectivity index (χ1) is 17.0. The second-order valence-electron chi connectivity index (χ2n) is 10.7. The summed E-state index contributed by atoms with van der Waals surface area (Å²) in [4.78, 5) is 18.1. The lowest BCUT2D eigenvalue weighted by Gasteiger charge is -2.42. The summed E-state index contributed by atoms with van der Waals surface area (Å²) < 4.78 is 19.3. The minimum absolute atomic E-state index is 0.0486. The van der Waals surface area contributed by atoms with Gasteiger partial charge in [0.25, 0.3) is 0 Å². The van der Waals surface area contributed by atoms with Crippen molar-refractivity contribution in [2.75, 3.05) is 57.3 Å². The Morgan fingerprint density at radius 1 is 0.944 bits per heavy atom. The number of β-amino-alcohol motifs (C(OH)–C–C–N with tert-alkyl or cyclic N) is 2.